The third-order valence-corrected chi connectivity index (χ3v) is 3.39. The predicted octanol–water partition coefficient (Wildman–Crippen LogP) is 1.91. The van der Waals surface area contributed by atoms with Gasteiger partial charge in [0.15, 0.2) is 0 Å². The summed E-state index contributed by atoms with van der Waals surface area (Å²) in [6, 6.07) is 0.913. The summed E-state index contributed by atoms with van der Waals surface area (Å²) in [5.74, 6) is -0.210. The quantitative estimate of drug-likeness (QED) is 0.871. The summed E-state index contributed by atoms with van der Waals surface area (Å²) >= 11 is 0. The summed E-state index contributed by atoms with van der Waals surface area (Å²) in [5.41, 5.74) is 0.424. The van der Waals surface area contributed by atoms with Gasteiger partial charge in [0.2, 0.25) is 0 Å². The Morgan fingerprint density at radius 3 is 2.78 bits per heavy atom. The number of rotatable bonds is 2. The number of nitrogens with zero attached hydrogens (tertiary/aromatic N) is 1. The van der Waals surface area contributed by atoms with Gasteiger partial charge in [-0.2, -0.15) is 0 Å². The van der Waals surface area contributed by atoms with Crippen LogP contribution < -0.4 is 0 Å². The molecule has 0 aliphatic carbocycles. The first-order valence-electron chi connectivity index (χ1n) is 6.08. The SMILES string of the molecule is Cc1cc(C(=O)N2CCC(C)CC2C(=O)O)co1. The Morgan fingerprint density at radius 1 is 1.50 bits per heavy atom. The zero-order valence-corrected chi connectivity index (χ0v) is 10.5. The van der Waals surface area contributed by atoms with Gasteiger partial charge in [0.25, 0.3) is 5.91 Å². The largest absolute Gasteiger partial charge is 0.480 e. The van der Waals surface area contributed by atoms with Crippen LogP contribution in [0.25, 0.3) is 0 Å². The molecule has 2 heterocycles. The van der Waals surface area contributed by atoms with Gasteiger partial charge in [0, 0.05) is 6.54 Å². The molecule has 1 aliphatic rings. The van der Waals surface area contributed by atoms with Crippen LogP contribution in [0.3, 0.4) is 0 Å². The molecule has 1 amide bonds. The van der Waals surface area contributed by atoms with Gasteiger partial charge in [-0.1, -0.05) is 6.92 Å². The monoisotopic (exact) mass is 251 g/mol. The predicted molar refractivity (Wildman–Crippen MR) is 64.3 cm³/mol. The molecule has 0 bridgehead atoms. The molecule has 0 aromatic carbocycles. The topological polar surface area (TPSA) is 70.8 Å². The molecular formula is C13H17NO4. The maximum absolute atomic E-state index is 12.2. The number of hydrogen-bond donors (Lipinski definition) is 1. The molecule has 2 unspecified atom stereocenters. The van der Waals surface area contributed by atoms with Crippen LogP contribution in [-0.4, -0.2) is 34.5 Å². The molecular weight excluding hydrogens is 234 g/mol. The highest BCUT2D eigenvalue weighted by Gasteiger charge is 2.35. The van der Waals surface area contributed by atoms with E-state index in [1.807, 2.05) is 6.92 Å². The van der Waals surface area contributed by atoms with Crippen LogP contribution >= 0.6 is 0 Å². The van der Waals surface area contributed by atoms with Gasteiger partial charge in [-0.15, -0.1) is 0 Å². The fraction of sp³-hybridized carbons (Fsp3) is 0.538. The van der Waals surface area contributed by atoms with Crippen molar-refractivity contribution in [3.63, 3.8) is 0 Å². The van der Waals surface area contributed by atoms with E-state index in [9.17, 15) is 14.7 Å². The number of furan rings is 1. The van der Waals surface area contributed by atoms with Gasteiger partial charge in [-0.05, 0) is 31.7 Å². The van der Waals surface area contributed by atoms with E-state index in [1.165, 1.54) is 11.2 Å². The Balaban J connectivity index is 2.20. The van der Waals surface area contributed by atoms with Crippen LogP contribution in [0.2, 0.25) is 0 Å². The third-order valence-electron chi connectivity index (χ3n) is 3.39. The summed E-state index contributed by atoms with van der Waals surface area (Å²) in [6.07, 6.45) is 2.73. The second kappa shape index (κ2) is 4.84. The summed E-state index contributed by atoms with van der Waals surface area (Å²) in [6.45, 7) is 4.25. The fourth-order valence-electron chi connectivity index (χ4n) is 2.34. The maximum Gasteiger partial charge on any atom is 0.326 e. The van der Waals surface area contributed by atoms with Gasteiger partial charge in [0.1, 0.15) is 18.1 Å². The van der Waals surface area contributed by atoms with Gasteiger partial charge in [-0.25, -0.2) is 4.79 Å². The van der Waals surface area contributed by atoms with Gasteiger partial charge in [-0.3, -0.25) is 4.79 Å². The van der Waals surface area contributed by atoms with E-state index in [0.29, 0.717) is 30.2 Å². The Bertz CT molecular complexity index is 465. The van der Waals surface area contributed by atoms with Gasteiger partial charge < -0.3 is 14.4 Å². The van der Waals surface area contributed by atoms with Crippen molar-refractivity contribution in [2.75, 3.05) is 6.54 Å². The van der Waals surface area contributed by atoms with Crippen LogP contribution in [0.1, 0.15) is 35.9 Å². The lowest BCUT2D eigenvalue weighted by atomic mass is 9.92. The number of hydrogen-bond acceptors (Lipinski definition) is 3. The number of amides is 1. The lowest BCUT2D eigenvalue weighted by Crippen LogP contribution is -2.49. The molecule has 1 fully saturated rings. The Labute approximate surface area is 105 Å². The molecule has 1 saturated heterocycles. The maximum atomic E-state index is 12.2. The average Bonchev–Trinajstić information content (AvgIpc) is 2.75. The van der Waals surface area contributed by atoms with Crippen molar-refractivity contribution in [1.82, 2.24) is 4.90 Å². The van der Waals surface area contributed by atoms with E-state index in [4.69, 9.17) is 4.42 Å². The summed E-state index contributed by atoms with van der Waals surface area (Å²) in [4.78, 5) is 24.9. The molecule has 1 aromatic heterocycles. The second-order valence-electron chi connectivity index (χ2n) is 4.93. The first kappa shape index (κ1) is 12.7. The van der Waals surface area contributed by atoms with Crippen molar-refractivity contribution < 1.29 is 19.1 Å². The second-order valence-corrected chi connectivity index (χ2v) is 4.93. The lowest BCUT2D eigenvalue weighted by Gasteiger charge is -2.35. The molecule has 1 N–H and O–H groups in total. The number of carboxylic acids is 1. The molecule has 18 heavy (non-hydrogen) atoms. The highest BCUT2D eigenvalue weighted by Crippen LogP contribution is 2.24. The van der Waals surface area contributed by atoms with Gasteiger partial charge >= 0.3 is 5.97 Å². The molecule has 2 atom stereocenters. The molecule has 2 rings (SSSR count). The smallest absolute Gasteiger partial charge is 0.326 e. The number of piperidine rings is 1. The molecule has 1 aromatic rings. The number of carbonyl (C=O) groups is 2. The summed E-state index contributed by atoms with van der Waals surface area (Å²) in [5, 5.41) is 9.21. The standard InChI is InChI=1S/C13H17NO4/c1-8-3-4-14(11(5-8)13(16)17)12(15)10-6-9(2)18-7-10/h6-8,11H,3-5H2,1-2H3,(H,16,17). The minimum Gasteiger partial charge on any atom is -0.480 e. The minimum atomic E-state index is -0.935. The molecule has 0 spiro atoms. The Kier molecular flexibility index (Phi) is 3.41. The van der Waals surface area contributed by atoms with Crippen LogP contribution in [0, 0.1) is 12.8 Å². The Hall–Kier alpha value is -1.78. The van der Waals surface area contributed by atoms with Crippen molar-refractivity contribution in [3.05, 3.63) is 23.7 Å². The normalized spacial score (nSPS) is 24.0. The van der Waals surface area contributed by atoms with Crippen LogP contribution in [0.5, 0.6) is 0 Å². The first-order valence-corrected chi connectivity index (χ1v) is 6.08. The number of carboxylic acid groups (broad SMARTS) is 1. The van der Waals surface area contributed by atoms with Crippen molar-refractivity contribution >= 4 is 11.9 Å². The van der Waals surface area contributed by atoms with E-state index in [-0.39, 0.29) is 5.91 Å². The Morgan fingerprint density at radius 2 is 2.22 bits per heavy atom. The number of aliphatic carboxylic acids is 1. The zero-order chi connectivity index (χ0) is 13.3. The average molecular weight is 251 g/mol. The minimum absolute atomic E-state index is 0.258. The highest BCUT2D eigenvalue weighted by atomic mass is 16.4. The van der Waals surface area contributed by atoms with E-state index in [2.05, 4.69) is 0 Å². The molecule has 1 aliphatic heterocycles. The molecule has 0 saturated carbocycles. The lowest BCUT2D eigenvalue weighted by molar-refractivity contribution is -0.144. The van der Waals surface area contributed by atoms with E-state index >= 15 is 0 Å². The highest BCUT2D eigenvalue weighted by molar-refractivity contribution is 5.96. The van der Waals surface area contributed by atoms with E-state index in [1.54, 1.807) is 13.0 Å². The first-order chi connectivity index (χ1) is 8.49. The van der Waals surface area contributed by atoms with Crippen molar-refractivity contribution in [2.24, 2.45) is 5.92 Å². The van der Waals surface area contributed by atoms with E-state index < -0.39 is 12.0 Å². The third kappa shape index (κ3) is 2.39. The van der Waals surface area contributed by atoms with Crippen molar-refractivity contribution in [3.8, 4) is 0 Å². The van der Waals surface area contributed by atoms with Crippen LogP contribution in [0.4, 0.5) is 0 Å². The molecule has 0 radical (unpaired) electrons. The number of likely N-dealkylation sites (tertiary alicyclic amines) is 1. The summed E-state index contributed by atoms with van der Waals surface area (Å²) in [7, 11) is 0. The molecule has 5 nitrogen and oxygen atoms in total. The number of aryl methyl sites for hydroxylation is 1. The molecule has 5 heteroatoms. The fourth-order valence-corrected chi connectivity index (χ4v) is 2.34. The van der Waals surface area contributed by atoms with E-state index in [0.717, 1.165) is 6.42 Å². The summed E-state index contributed by atoms with van der Waals surface area (Å²) < 4.78 is 5.10. The van der Waals surface area contributed by atoms with Crippen molar-refractivity contribution in [2.45, 2.75) is 32.7 Å². The van der Waals surface area contributed by atoms with Gasteiger partial charge in [0.05, 0.1) is 5.56 Å². The van der Waals surface area contributed by atoms with Crippen molar-refractivity contribution in [1.29, 1.82) is 0 Å². The number of carbonyl (C=O) groups excluding carboxylic acids is 1. The van der Waals surface area contributed by atoms with Crippen LogP contribution in [-0.2, 0) is 4.79 Å². The molecule has 98 valence electrons. The zero-order valence-electron chi connectivity index (χ0n) is 10.5. The van der Waals surface area contributed by atoms with Crippen LogP contribution in [0.15, 0.2) is 16.7 Å².